The van der Waals surface area contributed by atoms with Crippen molar-refractivity contribution in [3.63, 3.8) is 0 Å². The number of piperidine rings is 1. The van der Waals surface area contributed by atoms with Crippen molar-refractivity contribution in [3.8, 4) is 5.75 Å². The number of benzene rings is 2. The van der Waals surface area contributed by atoms with Gasteiger partial charge in [0, 0.05) is 38.6 Å². The van der Waals surface area contributed by atoms with E-state index in [1.807, 2.05) is 13.0 Å². The Morgan fingerprint density at radius 1 is 0.939 bits per heavy atom. The lowest BCUT2D eigenvalue weighted by Gasteiger charge is -2.31. The van der Waals surface area contributed by atoms with E-state index >= 15 is 0 Å². The fourth-order valence-corrected chi connectivity index (χ4v) is 4.70. The molecule has 1 N–H and O–H groups in total. The average molecular weight is 452 g/mol. The first-order valence-electron chi connectivity index (χ1n) is 12.3. The van der Waals surface area contributed by atoms with Gasteiger partial charge in [-0.05, 0) is 61.7 Å². The molecule has 0 aromatic heterocycles. The summed E-state index contributed by atoms with van der Waals surface area (Å²) in [6, 6.07) is 16.9. The number of nitrogens with zero attached hydrogens (tertiary/aromatic N) is 2. The third-order valence-electron chi connectivity index (χ3n) is 6.54. The molecule has 1 amide bonds. The molecular formula is C27H37N3O3. The molecule has 4 rings (SSSR count). The van der Waals surface area contributed by atoms with Gasteiger partial charge in [0.25, 0.3) is 0 Å². The van der Waals surface area contributed by atoms with Crippen LogP contribution >= 0.6 is 0 Å². The SMILES string of the molecule is CCOc1cccc(CN2CCC(C(=O)NCc3cccc(CN4CCOCC4)c3)CC2)c1. The van der Waals surface area contributed by atoms with Crippen molar-refractivity contribution in [2.24, 2.45) is 5.92 Å². The van der Waals surface area contributed by atoms with Gasteiger partial charge >= 0.3 is 0 Å². The second kappa shape index (κ2) is 12.2. The lowest BCUT2D eigenvalue weighted by molar-refractivity contribution is -0.126. The summed E-state index contributed by atoms with van der Waals surface area (Å²) in [5.74, 6) is 1.22. The van der Waals surface area contributed by atoms with Crippen LogP contribution in [0.1, 0.15) is 36.5 Å². The summed E-state index contributed by atoms with van der Waals surface area (Å²) in [5.41, 5.74) is 3.73. The van der Waals surface area contributed by atoms with Gasteiger partial charge in [-0.15, -0.1) is 0 Å². The Balaban J connectivity index is 1.20. The van der Waals surface area contributed by atoms with Crippen LogP contribution in [0.25, 0.3) is 0 Å². The smallest absolute Gasteiger partial charge is 0.223 e. The molecule has 2 heterocycles. The zero-order valence-electron chi connectivity index (χ0n) is 19.8. The number of hydrogen-bond donors (Lipinski definition) is 1. The lowest BCUT2D eigenvalue weighted by Crippen LogP contribution is -2.40. The second-order valence-corrected chi connectivity index (χ2v) is 9.06. The maximum atomic E-state index is 12.8. The molecule has 0 bridgehead atoms. The molecule has 2 aliphatic rings. The van der Waals surface area contributed by atoms with Crippen LogP contribution in [0.5, 0.6) is 5.75 Å². The molecule has 2 fully saturated rings. The molecule has 6 heteroatoms. The van der Waals surface area contributed by atoms with Crippen LogP contribution in [-0.2, 0) is 29.2 Å². The van der Waals surface area contributed by atoms with Gasteiger partial charge in [-0.2, -0.15) is 0 Å². The van der Waals surface area contributed by atoms with E-state index in [2.05, 4.69) is 57.6 Å². The third kappa shape index (κ3) is 7.29. The van der Waals surface area contributed by atoms with E-state index < -0.39 is 0 Å². The van der Waals surface area contributed by atoms with Crippen LogP contribution in [0.2, 0.25) is 0 Å². The van der Waals surface area contributed by atoms with E-state index in [0.717, 1.165) is 71.1 Å². The molecule has 33 heavy (non-hydrogen) atoms. The van der Waals surface area contributed by atoms with Gasteiger partial charge in [0.15, 0.2) is 0 Å². The fourth-order valence-electron chi connectivity index (χ4n) is 4.70. The molecule has 2 aromatic rings. The Morgan fingerprint density at radius 3 is 2.30 bits per heavy atom. The average Bonchev–Trinajstić information content (AvgIpc) is 2.84. The highest BCUT2D eigenvalue weighted by Crippen LogP contribution is 2.21. The van der Waals surface area contributed by atoms with Crippen LogP contribution < -0.4 is 10.1 Å². The molecule has 6 nitrogen and oxygen atoms in total. The van der Waals surface area contributed by atoms with Crippen molar-refractivity contribution < 1.29 is 14.3 Å². The van der Waals surface area contributed by atoms with Crippen molar-refractivity contribution in [1.29, 1.82) is 0 Å². The van der Waals surface area contributed by atoms with Gasteiger partial charge in [0.1, 0.15) is 5.75 Å². The van der Waals surface area contributed by atoms with E-state index in [-0.39, 0.29) is 11.8 Å². The van der Waals surface area contributed by atoms with E-state index in [1.165, 1.54) is 16.7 Å². The van der Waals surface area contributed by atoms with Gasteiger partial charge < -0.3 is 14.8 Å². The van der Waals surface area contributed by atoms with E-state index in [9.17, 15) is 4.79 Å². The summed E-state index contributed by atoms with van der Waals surface area (Å²) in [6.45, 7) is 10.6. The highest BCUT2D eigenvalue weighted by molar-refractivity contribution is 5.78. The molecule has 0 radical (unpaired) electrons. The maximum Gasteiger partial charge on any atom is 0.223 e. The monoisotopic (exact) mass is 451 g/mol. The first kappa shape index (κ1) is 23.7. The summed E-state index contributed by atoms with van der Waals surface area (Å²) in [4.78, 5) is 17.6. The van der Waals surface area contributed by atoms with Gasteiger partial charge in [-0.1, -0.05) is 36.4 Å². The summed E-state index contributed by atoms with van der Waals surface area (Å²) in [5, 5.41) is 3.18. The van der Waals surface area contributed by atoms with Gasteiger partial charge in [0.05, 0.1) is 19.8 Å². The lowest BCUT2D eigenvalue weighted by atomic mass is 9.95. The second-order valence-electron chi connectivity index (χ2n) is 9.06. The molecule has 2 aromatic carbocycles. The van der Waals surface area contributed by atoms with Crippen molar-refractivity contribution in [1.82, 2.24) is 15.1 Å². The first-order chi connectivity index (χ1) is 16.2. The highest BCUT2D eigenvalue weighted by atomic mass is 16.5. The van der Waals surface area contributed by atoms with Gasteiger partial charge in [0.2, 0.25) is 5.91 Å². The van der Waals surface area contributed by atoms with E-state index in [0.29, 0.717) is 13.2 Å². The first-order valence-corrected chi connectivity index (χ1v) is 12.3. The highest BCUT2D eigenvalue weighted by Gasteiger charge is 2.25. The summed E-state index contributed by atoms with van der Waals surface area (Å²) in [7, 11) is 0. The zero-order valence-corrected chi connectivity index (χ0v) is 19.8. The third-order valence-corrected chi connectivity index (χ3v) is 6.54. The molecule has 0 aliphatic carbocycles. The number of carbonyl (C=O) groups excluding carboxylic acids is 1. The number of rotatable bonds is 9. The maximum absolute atomic E-state index is 12.8. The Hall–Kier alpha value is -2.41. The predicted molar refractivity (Wildman–Crippen MR) is 130 cm³/mol. The van der Waals surface area contributed by atoms with E-state index in [1.54, 1.807) is 0 Å². The van der Waals surface area contributed by atoms with Crippen molar-refractivity contribution in [2.75, 3.05) is 46.0 Å². The summed E-state index contributed by atoms with van der Waals surface area (Å²) < 4.78 is 11.1. The largest absolute Gasteiger partial charge is 0.494 e. The predicted octanol–water partition coefficient (Wildman–Crippen LogP) is 3.45. The topological polar surface area (TPSA) is 54.0 Å². The van der Waals surface area contributed by atoms with Crippen molar-refractivity contribution >= 4 is 5.91 Å². The zero-order chi connectivity index (χ0) is 22.9. The number of likely N-dealkylation sites (tertiary alicyclic amines) is 1. The minimum absolute atomic E-state index is 0.104. The molecule has 178 valence electrons. The molecule has 0 spiro atoms. The molecule has 2 aliphatic heterocycles. The summed E-state index contributed by atoms with van der Waals surface area (Å²) in [6.07, 6.45) is 1.82. The van der Waals surface area contributed by atoms with Crippen LogP contribution in [0, 0.1) is 5.92 Å². The molecule has 0 atom stereocenters. The molecule has 0 saturated carbocycles. The Kier molecular flexibility index (Phi) is 8.75. The fraction of sp³-hybridized carbons (Fsp3) is 0.519. The van der Waals surface area contributed by atoms with Crippen molar-refractivity contribution in [3.05, 3.63) is 65.2 Å². The Labute approximate surface area is 197 Å². The van der Waals surface area contributed by atoms with Crippen LogP contribution in [0.3, 0.4) is 0 Å². The minimum Gasteiger partial charge on any atom is -0.494 e. The molecule has 0 unspecified atom stereocenters. The van der Waals surface area contributed by atoms with Crippen LogP contribution in [0.15, 0.2) is 48.5 Å². The van der Waals surface area contributed by atoms with Crippen LogP contribution in [0.4, 0.5) is 0 Å². The Morgan fingerprint density at radius 2 is 1.58 bits per heavy atom. The quantitative estimate of drug-likeness (QED) is 0.633. The molecule has 2 saturated heterocycles. The number of carbonyl (C=O) groups is 1. The number of morpholine rings is 1. The number of ether oxygens (including phenoxy) is 2. The number of hydrogen-bond acceptors (Lipinski definition) is 5. The van der Waals surface area contributed by atoms with Crippen LogP contribution in [-0.4, -0.2) is 61.7 Å². The summed E-state index contributed by atoms with van der Waals surface area (Å²) >= 11 is 0. The minimum atomic E-state index is 0.104. The number of amides is 1. The van der Waals surface area contributed by atoms with Crippen molar-refractivity contribution in [2.45, 2.75) is 39.4 Å². The Bertz CT molecular complexity index is 890. The number of nitrogens with one attached hydrogen (secondary N) is 1. The van der Waals surface area contributed by atoms with Gasteiger partial charge in [-0.3, -0.25) is 14.6 Å². The normalized spacial score (nSPS) is 18.2. The van der Waals surface area contributed by atoms with E-state index in [4.69, 9.17) is 9.47 Å². The van der Waals surface area contributed by atoms with Gasteiger partial charge in [-0.25, -0.2) is 0 Å². The molecular weight excluding hydrogens is 414 g/mol. The standard InChI is InChI=1S/C27H37N3O3/c1-2-33-26-8-4-7-24(18-26)21-29-11-9-25(10-12-29)27(31)28-19-22-5-3-6-23(17-22)20-30-13-15-32-16-14-30/h3-8,17-18,25H,2,9-16,19-21H2,1H3,(H,28,31).